The number of aliphatic hydroxyl groups is 1. The lowest BCUT2D eigenvalue weighted by Gasteiger charge is -2.17. The first kappa shape index (κ1) is 13.7. The maximum atomic E-state index is 12.1. The second-order valence-corrected chi connectivity index (χ2v) is 4.64. The van der Waals surface area contributed by atoms with Crippen LogP contribution < -0.4 is 4.74 Å². The molecule has 94 valence electrons. The Bertz CT molecular complexity index is 422. The van der Waals surface area contributed by atoms with Gasteiger partial charge < -0.3 is 9.84 Å². The molecule has 0 saturated carbocycles. The Morgan fingerprint density at radius 2 is 1.88 bits per heavy atom. The number of carbonyl (C=O) groups excluding carboxylic acids is 1. The van der Waals surface area contributed by atoms with Crippen LogP contribution >= 0.6 is 0 Å². The number of rotatable bonds is 4. The van der Waals surface area contributed by atoms with Crippen LogP contribution in [-0.4, -0.2) is 24.1 Å². The highest BCUT2D eigenvalue weighted by atomic mass is 16.5. The van der Waals surface area contributed by atoms with Crippen molar-refractivity contribution in [3.63, 3.8) is 0 Å². The van der Waals surface area contributed by atoms with Gasteiger partial charge in [0.15, 0.2) is 5.78 Å². The van der Waals surface area contributed by atoms with Crippen LogP contribution in [0.15, 0.2) is 12.1 Å². The van der Waals surface area contributed by atoms with E-state index in [4.69, 9.17) is 4.74 Å². The first-order chi connectivity index (χ1) is 7.90. The molecular formula is C14H20O3. The van der Waals surface area contributed by atoms with Gasteiger partial charge in [-0.1, -0.05) is 19.9 Å². The smallest absolute Gasteiger partial charge is 0.195 e. The topological polar surface area (TPSA) is 46.5 Å². The van der Waals surface area contributed by atoms with Gasteiger partial charge in [0.25, 0.3) is 0 Å². The number of Topliss-reactive ketones (excluding diaryl/α,β-unsaturated/α-hetero) is 1. The summed E-state index contributed by atoms with van der Waals surface area (Å²) >= 11 is 0. The standard InChI is InChI=1S/C14H20O3/c1-8(2)12(15)13(16)11-7-6-9(3)10(4)14(11)17-5/h6-8,12,15H,1-5H3. The van der Waals surface area contributed by atoms with E-state index in [-0.39, 0.29) is 11.7 Å². The molecule has 3 nitrogen and oxygen atoms in total. The summed E-state index contributed by atoms with van der Waals surface area (Å²) in [6, 6.07) is 3.59. The lowest BCUT2D eigenvalue weighted by Crippen LogP contribution is -2.26. The van der Waals surface area contributed by atoms with Crippen LogP contribution in [0.5, 0.6) is 5.75 Å². The SMILES string of the molecule is COc1c(C(=O)C(O)C(C)C)ccc(C)c1C. The summed E-state index contributed by atoms with van der Waals surface area (Å²) in [7, 11) is 1.54. The zero-order valence-corrected chi connectivity index (χ0v) is 11.1. The highest BCUT2D eigenvalue weighted by molar-refractivity contribution is 6.02. The quantitative estimate of drug-likeness (QED) is 0.817. The van der Waals surface area contributed by atoms with Gasteiger partial charge in [-0.2, -0.15) is 0 Å². The number of hydrogen-bond acceptors (Lipinski definition) is 3. The van der Waals surface area contributed by atoms with Crippen molar-refractivity contribution < 1.29 is 14.6 Å². The van der Waals surface area contributed by atoms with E-state index in [1.54, 1.807) is 13.2 Å². The van der Waals surface area contributed by atoms with Crippen LogP contribution in [0, 0.1) is 19.8 Å². The average molecular weight is 236 g/mol. The third-order valence-electron chi connectivity index (χ3n) is 3.05. The zero-order chi connectivity index (χ0) is 13.2. The van der Waals surface area contributed by atoms with Gasteiger partial charge in [0.1, 0.15) is 11.9 Å². The molecule has 0 aromatic heterocycles. The Morgan fingerprint density at radius 3 is 2.35 bits per heavy atom. The van der Waals surface area contributed by atoms with Gasteiger partial charge in [-0.3, -0.25) is 4.79 Å². The number of hydrogen-bond donors (Lipinski definition) is 1. The van der Waals surface area contributed by atoms with Crippen LogP contribution in [0.4, 0.5) is 0 Å². The number of aliphatic hydroxyl groups excluding tert-OH is 1. The molecule has 1 N–H and O–H groups in total. The fourth-order valence-corrected chi connectivity index (χ4v) is 1.71. The highest BCUT2D eigenvalue weighted by Crippen LogP contribution is 2.28. The molecule has 0 spiro atoms. The summed E-state index contributed by atoms with van der Waals surface area (Å²) in [5, 5.41) is 9.82. The number of benzene rings is 1. The molecule has 1 aromatic rings. The highest BCUT2D eigenvalue weighted by Gasteiger charge is 2.24. The lowest BCUT2D eigenvalue weighted by molar-refractivity contribution is 0.0644. The average Bonchev–Trinajstić information content (AvgIpc) is 2.30. The third-order valence-corrected chi connectivity index (χ3v) is 3.05. The van der Waals surface area contributed by atoms with Crippen molar-refractivity contribution in [2.75, 3.05) is 7.11 Å². The maximum Gasteiger partial charge on any atom is 0.195 e. The van der Waals surface area contributed by atoms with Crippen molar-refractivity contribution >= 4 is 5.78 Å². The third kappa shape index (κ3) is 2.67. The van der Waals surface area contributed by atoms with E-state index in [1.807, 2.05) is 33.8 Å². The lowest BCUT2D eigenvalue weighted by atomic mass is 9.94. The largest absolute Gasteiger partial charge is 0.496 e. The van der Waals surface area contributed by atoms with E-state index < -0.39 is 6.10 Å². The molecule has 0 aliphatic heterocycles. The first-order valence-electron chi connectivity index (χ1n) is 5.76. The number of aryl methyl sites for hydroxylation is 1. The van der Waals surface area contributed by atoms with E-state index in [2.05, 4.69) is 0 Å². The Hall–Kier alpha value is -1.35. The van der Waals surface area contributed by atoms with E-state index in [1.165, 1.54) is 0 Å². The van der Waals surface area contributed by atoms with Crippen LogP contribution in [0.1, 0.15) is 35.3 Å². The molecule has 1 aromatic carbocycles. The summed E-state index contributed by atoms with van der Waals surface area (Å²) in [6.45, 7) is 7.50. The number of carbonyl (C=O) groups is 1. The molecule has 0 radical (unpaired) electrons. The first-order valence-corrected chi connectivity index (χ1v) is 5.76. The molecule has 1 rings (SSSR count). The Labute approximate surface area is 102 Å². The summed E-state index contributed by atoms with van der Waals surface area (Å²) in [4.78, 5) is 12.1. The van der Waals surface area contributed by atoms with E-state index in [0.717, 1.165) is 11.1 Å². The predicted molar refractivity (Wildman–Crippen MR) is 67.6 cm³/mol. The minimum absolute atomic E-state index is 0.103. The molecule has 0 fully saturated rings. The second kappa shape index (κ2) is 5.32. The van der Waals surface area contributed by atoms with E-state index >= 15 is 0 Å². The molecule has 0 heterocycles. The minimum atomic E-state index is -0.981. The van der Waals surface area contributed by atoms with Crippen molar-refractivity contribution in [3.05, 3.63) is 28.8 Å². The van der Waals surface area contributed by atoms with Crippen molar-refractivity contribution in [1.29, 1.82) is 0 Å². The predicted octanol–water partition coefficient (Wildman–Crippen LogP) is 2.51. The molecule has 0 amide bonds. The van der Waals surface area contributed by atoms with Gasteiger partial charge in [0.05, 0.1) is 12.7 Å². The van der Waals surface area contributed by atoms with Gasteiger partial charge in [-0.25, -0.2) is 0 Å². The summed E-state index contributed by atoms with van der Waals surface area (Å²) in [5.41, 5.74) is 2.46. The molecule has 0 aliphatic rings. The summed E-state index contributed by atoms with van der Waals surface area (Å²) in [6.07, 6.45) is -0.981. The Morgan fingerprint density at radius 1 is 1.29 bits per heavy atom. The van der Waals surface area contributed by atoms with Gasteiger partial charge in [-0.05, 0) is 37.0 Å². The minimum Gasteiger partial charge on any atom is -0.496 e. The molecule has 1 unspecified atom stereocenters. The Kier molecular flexibility index (Phi) is 4.29. The number of ether oxygens (including phenoxy) is 1. The van der Waals surface area contributed by atoms with Gasteiger partial charge >= 0.3 is 0 Å². The zero-order valence-electron chi connectivity index (χ0n) is 11.1. The Balaban J connectivity index is 3.23. The monoisotopic (exact) mass is 236 g/mol. The molecular weight excluding hydrogens is 216 g/mol. The maximum absolute atomic E-state index is 12.1. The number of methoxy groups -OCH3 is 1. The normalized spacial score (nSPS) is 12.6. The van der Waals surface area contributed by atoms with E-state index in [0.29, 0.717) is 11.3 Å². The van der Waals surface area contributed by atoms with E-state index in [9.17, 15) is 9.90 Å². The van der Waals surface area contributed by atoms with Crippen molar-refractivity contribution in [2.24, 2.45) is 5.92 Å². The molecule has 0 bridgehead atoms. The summed E-state index contributed by atoms with van der Waals surface area (Å²) < 4.78 is 5.28. The van der Waals surface area contributed by atoms with Gasteiger partial charge in [0, 0.05) is 0 Å². The van der Waals surface area contributed by atoms with Crippen LogP contribution in [0.2, 0.25) is 0 Å². The molecule has 3 heteroatoms. The molecule has 0 saturated heterocycles. The van der Waals surface area contributed by atoms with Crippen LogP contribution in [-0.2, 0) is 0 Å². The van der Waals surface area contributed by atoms with Crippen LogP contribution in [0.25, 0.3) is 0 Å². The molecule has 0 aliphatic carbocycles. The number of ketones is 1. The molecule has 17 heavy (non-hydrogen) atoms. The fourth-order valence-electron chi connectivity index (χ4n) is 1.71. The van der Waals surface area contributed by atoms with Gasteiger partial charge in [0.2, 0.25) is 0 Å². The fraction of sp³-hybridized carbons (Fsp3) is 0.500. The van der Waals surface area contributed by atoms with Crippen molar-refractivity contribution in [3.8, 4) is 5.75 Å². The molecule has 1 atom stereocenters. The summed E-state index contributed by atoms with van der Waals surface area (Å²) in [5.74, 6) is 0.184. The van der Waals surface area contributed by atoms with Crippen molar-refractivity contribution in [1.82, 2.24) is 0 Å². The van der Waals surface area contributed by atoms with Gasteiger partial charge in [-0.15, -0.1) is 0 Å². The van der Waals surface area contributed by atoms with Crippen molar-refractivity contribution in [2.45, 2.75) is 33.8 Å². The van der Waals surface area contributed by atoms with Crippen LogP contribution in [0.3, 0.4) is 0 Å². The second-order valence-electron chi connectivity index (χ2n) is 4.64.